The van der Waals surface area contributed by atoms with E-state index in [1.807, 2.05) is 82.4 Å². The number of hydrogen-bond acceptors (Lipinski definition) is 4. The predicted molar refractivity (Wildman–Crippen MR) is 143 cm³/mol. The number of imide groups is 1. The fraction of sp³-hybridized carbons (Fsp3) is 0.241. The van der Waals surface area contributed by atoms with E-state index in [1.165, 1.54) is 9.80 Å². The number of anilines is 2. The molecule has 188 valence electrons. The van der Waals surface area contributed by atoms with Crippen LogP contribution in [-0.2, 0) is 23.2 Å². The van der Waals surface area contributed by atoms with Crippen molar-refractivity contribution in [2.24, 2.45) is 7.05 Å². The molecule has 0 radical (unpaired) electrons. The van der Waals surface area contributed by atoms with Crippen molar-refractivity contribution in [1.82, 2.24) is 14.7 Å². The SMILES string of the molecule is Cc1cccc(N2C(=O)CC(N(Cc3c(C)nn(C)c3C)C(=O)Nc3cccc4ccccc34)C2=O)c1. The van der Waals surface area contributed by atoms with Gasteiger partial charge in [0.05, 0.1) is 30.0 Å². The molecule has 1 aromatic heterocycles. The second-order valence-electron chi connectivity index (χ2n) is 9.48. The van der Waals surface area contributed by atoms with Gasteiger partial charge in [-0.05, 0) is 49.9 Å². The standard InChI is InChI=1S/C29H29N5O3/c1-18-9-7-12-22(15-18)34-27(35)16-26(28(34)36)33(17-24-19(2)31-32(4)20(24)3)29(37)30-25-14-8-11-21-10-5-6-13-23(21)25/h5-15,26H,16-17H2,1-4H3,(H,30,37). The van der Waals surface area contributed by atoms with Crippen LogP contribution in [0.5, 0.6) is 0 Å². The molecular weight excluding hydrogens is 466 g/mol. The van der Waals surface area contributed by atoms with Gasteiger partial charge in [-0.15, -0.1) is 0 Å². The van der Waals surface area contributed by atoms with Crippen LogP contribution in [0, 0.1) is 20.8 Å². The van der Waals surface area contributed by atoms with Crippen molar-refractivity contribution >= 4 is 40.0 Å². The summed E-state index contributed by atoms with van der Waals surface area (Å²) in [6.45, 7) is 5.86. The van der Waals surface area contributed by atoms with Crippen molar-refractivity contribution < 1.29 is 14.4 Å². The monoisotopic (exact) mass is 495 g/mol. The molecule has 8 nitrogen and oxygen atoms in total. The maximum atomic E-state index is 13.8. The number of nitrogens with one attached hydrogen (secondary N) is 1. The molecule has 1 unspecified atom stereocenters. The first-order valence-electron chi connectivity index (χ1n) is 12.2. The maximum Gasteiger partial charge on any atom is 0.322 e. The molecule has 4 aromatic rings. The minimum Gasteiger partial charge on any atom is -0.307 e. The molecular formula is C29H29N5O3. The number of rotatable bonds is 5. The molecule has 0 saturated carbocycles. The molecule has 37 heavy (non-hydrogen) atoms. The first kappa shape index (κ1) is 24.2. The Kier molecular flexibility index (Phi) is 6.25. The Balaban J connectivity index is 1.52. The fourth-order valence-corrected chi connectivity index (χ4v) is 4.96. The highest BCUT2D eigenvalue weighted by molar-refractivity contribution is 6.23. The lowest BCUT2D eigenvalue weighted by molar-refractivity contribution is -0.122. The number of carbonyl (C=O) groups is 3. The van der Waals surface area contributed by atoms with Gasteiger partial charge in [-0.2, -0.15) is 5.10 Å². The van der Waals surface area contributed by atoms with Gasteiger partial charge in [-0.3, -0.25) is 14.3 Å². The van der Waals surface area contributed by atoms with E-state index in [0.717, 1.165) is 33.3 Å². The average molecular weight is 496 g/mol. The number of benzene rings is 3. The van der Waals surface area contributed by atoms with Crippen LogP contribution >= 0.6 is 0 Å². The van der Waals surface area contributed by atoms with Crippen molar-refractivity contribution in [3.05, 3.63) is 89.2 Å². The number of urea groups is 1. The summed E-state index contributed by atoms with van der Waals surface area (Å²) in [4.78, 5) is 43.2. The number of aryl methyl sites for hydroxylation is 3. The lowest BCUT2D eigenvalue weighted by atomic mass is 10.1. The highest BCUT2D eigenvalue weighted by Gasteiger charge is 2.45. The molecule has 1 aliphatic heterocycles. The first-order valence-corrected chi connectivity index (χ1v) is 12.2. The third-order valence-corrected chi connectivity index (χ3v) is 7.04. The zero-order valence-electron chi connectivity index (χ0n) is 21.4. The van der Waals surface area contributed by atoms with Gasteiger partial charge in [-0.1, -0.05) is 48.5 Å². The van der Waals surface area contributed by atoms with Crippen LogP contribution in [0.1, 0.15) is 28.9 Å². The normalized spacial score (nSPS) is 15.5. The summed E-state index contributed by atoms with van der Waals surface area (Å²) in [6, 6.07) is 19.3. The quantitative estimate of drug-likeness (QED) is 0.401. The zero-order valence-corrected chi connectivity index (χ0v) is 21.4. The van der Waals surface area contributed by atoms with Gasteiger partial charge >= 0.3 is 6.03 Å². The van der Waals surface area contributed by atoms with Gasteiger partial charge in [0.25, 0.3) is 5.91 Å². The van der Waals surface area contributed by atoms with Crippen molar-refractivity contribution in [3.8, 4) is 0 Å². The van der Waals surface area contributed by atoms with Crippen LogP contribution < -0.4 is 10.2 Å². The van der Waals surface area contributed by atoms with E-state index in [1.54, 1.807) is 16.8 Å². The summed E-state index contributed by atoms with van der Waals surface area (Å²) in [6.07, 6.45) is -0.0892. The van der Waals surface area contributed by atoms with E-state index in [0.29, 0.717) is 11.4 Å². The number of fused-ring (bicyclic) bond motifs is 1. The van der Waals surface area contributed by atoms with E-state index in [4.69, 9.17) is 0 Å². The molecule has 0 aliphatic carbocycles. The Labute approximate surface area is 215 Å². The molecule has 1 atom stereocenters. The lowest BCUT2D eigenvalue weighted by Gasteiger charge is -2.28. The Hall–Kier alpha value is -4.46. The summed E-state index contributed by atoms with van der Waals surface area (Å²) in [5.41, 5.74) is 4.61. The van der Waals surface area contributed by atoms with Gasteiger partial charge in [-0.25, -0.2) is 9.69 Å². The molecule has 0 bridgehead atoms. The number of amides is 4. The van der Waals surface area contributed by atoms with Gasteiger partial charge < -0.3 is 10.2 Å². The molecule has 8 heteroatoms. The Morgan fingerprint density at radius 2 is 1.76 bits per heavy atom. The van der Waals surface area contributed by atoms with Crippen LogP contribution in [0.2, 0.25) is 0 Å². The maximum absolute atomic E-state index is 13.8. The molecule has 1 fully saturated rings. The van der Waals surface area contributed by atoms with E-state index in [9.17, 15) is 14.4 Å². The molecule has 3 aromatic carbocycles. The van der Waals surface area contributed by atoms with Gasteiger partial charge in [0.1, 0.15) is 6.04 Å². The van der Waals surface area contributed by atoms with Crippen LogP contribution in [0.4, 0.5) is 16.2 Å². The summed E-state index contributed by atoms with van der Waals surface area (Å²) in [7, 11) is 1.84. The van der Waals surface area contributed by atoms with Crippen LogP contribution in [0.15, 0.2) is 66.7 Å². The number of hydrogen-bond donors (Lipinski definition) is 1. The van der Waals surface area contributed by atoms with E-state index >= 15 is 0 Å². The molecule has 5 rings (SSSR count). The third kappa shape index (κ3) is 4.46. The number of aromatic nitrogens is 2. The van der Waals surface area contributed by atoms with E-state index in [2.05, 4.69) is 10.4 Å². The zero-order chi connectivity index (χ0) is 26.3. The summed E-state index contributed by atoms with van der Waals surface area (Å²) in [5.74, 6) is -0.744. The summed E-state index contributed by atoms with van der Waals surface area (Å²) in [5, 5.41) is 9.36. The molecule has 1 N–H and O–H groups in total. The average Bonchev–Trinajstić information content (AvgIpc) is 3.30. The highest BCUT2D eigenvalue weighted by Crippen LogP contribution is 2.30. The summed E-state index contributed by atoms with van der Waals surface area (Å²) >= 11 is 0. The number of carbonyl (C=O) groups excluding carboxylic acids is 3. The molecule has 4 amide bonds. The van der Waals surface area contributed by atoms with E-state index in [-0.39, 0.29) is 18.9 Å². The molecule has 2 heterocycles. The number of nitrogens with zero attached hydrogens (tertiary/aromatic N) is 4. The van der Waals surface area contributed by atoms with Crippen LogP contribution in [0.25, 0.3) is 10.8 Å². The van der Waals surface area contributed by atoms with Gasteiger partial charge in [0, 0.05) is 23.7 Å². The Bertz CT molecular complexity index is 1530. The fourth-order valence-electron chi connectivity index (χ4n) is 4.96. The highest BCUT2D eigenvalue weighted by atomic mass is 16.2. The van der Waals surface area contributed by atoms with Crippen LogP contribution in [0.3, 0.4) is 0 Å². The lowest BCUT2D eigenvalue weighted by Crippen LogP contribution is -2.47. The van der Waals surface area contributed by atoms with Gasteiger partial charge in [0.15, 0.2) is 0 Å². The summed E-state index contributed by atoms with van der Waals surface area (Å²) < 4.78 is 1.76. The first-order chi connectivity index (χ1) is 17.7. The second-order valence-corrected chi connectivity index (χ2v) is 9.48. The molecule has 1 saturated heterocycles. The largest absolute Gasteiger partial charge is 0.322 e. The Morgan fingerprint density at radius 1 is 1.03 bits per heavy atom. The second kappa shape index (κ2) is 9.54. The molecule has 1 aliphatic rings. The van der Waals surface area contributed by atoms with Crippen molar-refractivity contribution in [1.29, 1.82) is 0 Å². The van der Waals surface area contributed by atoms with Crippen molar-refractivity contribution in [2.75, 3.05) is 10.2 Å². The van der Waals surface area contributed by atoms with E-state index < -0.39 is 18.0 Å². The molecule has 0 spiro atoms. The minimum absolute atomic E-state index is 0.0892. The Morgan fingerprint density at radius 3 is 2.49 bits per heavy atom. The third-order valence-electron chi connectivity index (χ3n) is 7.04. The topological polar surface area (TPSA) is 87.5 Å². The minimum atomic E-state index is -0.943. The van der Waals surface area contributed by atoms with Crippen LogP contribution in [-0.4, -0.2) is 38.6 Å². The van der Waals surface area contributed by atoms with Crippen molar-refractivity contribution in [3.63, 3.8) is 0 Å². The predicted octanol–water partition coefficient (Wildman–Crippen LogP) is 4.86. The van der Waals surface area contributed by atoms with Crippen molar-refractivity contribution in [2.45, 2.75) is 39.8 Å². The van der Waals surface area contributed by atoms with Gasteiger partial charge in [0.2, 0.25) is 5.91 Å². The smallest absolute Gasteiger partial charge is 0.307 e.